The van der Waals surface area contributed by atoms with Crippen molar-refractivity contribution < 1.29 is 9.53 Å². The van der Waals surface area contributed by atoms with E-state index in [0.29, 0.717) is 37.6 Å². The van der Waals surface area contributed by atoms with E-state index in [1.54, 1.807) is 17.3 Å². The molecule has 1 aromatic heterocycles. The van der Waals surface area contributed by atoms with Gasteiger partial charge in [-0.2, -0.15) is 0 Å². The number of hydrogen-bond acceptors (Lipinski definition) is 3. The molecule has 24 heavy (non-hydrogen) atoms. The van der Waals surface area contributed by atoms with Gasteiger partial charge in [0.05, 0.1) is 5.41 Å². The van der Waals surface area contributed by atoms with Crippen LogP contribution in [0, 0.1) is 0 Å². The molecule has 5 heteroatoms. The second-order valence-corrected chi connectivity index (χ2v) is 6.66. The molecule has 0 atom stereocenters. The molecule has 0 bridgehead atoms. The van der Waals surface area contributed by atoms with Crippen LogP contribution in [0.15, 0.2) is 48.8 Å². The van der Waals surface area contributed by atoms with Crippen LogP contribution in [0.2, 0.25) is 5.02 Å². The molecule has 0 spiro atoms. The third-order valence-corrected chi connectivity index (χ3v) is 4.86. The first kappa shape index (κ1) is 16.9. The summed E-state index contributed by atoms with van der Waals surface area (Å²) < 4.78 is 5.51. The number of hydrogen-bond donors (Lipinski definition) is 0. The van der Waals surface area contributed by atoms with Crippen LogP contribution in [0.3, 0.4) is 0 Å². The highest BCUT2D eigenvalue weighted by Gasteiger charge is 2.43. The summed E-state index contributed by atoms with van der Waals surface area (Å²) in [4.78, 5) is 19.2. The Morgan fingerprint density at radius 1 is 1.29 bits per heavy atom. The molecule has 1 fully saturated rings. The number of nitrogens with zero attached hydrogens (tertiary/aromatic N) is 2. The van der Waals surface area contributed by atoms with Crippen molar-refractivity contribution in [2.75, 3.05) is 20.3 Å². The van der Waals surface area contributed by atoms with Crippen LogP contribution in [0.4, 0.5) is 0 Å². The first-order chi connectivity index (χ1) is 11.6. The number of rotatable bonds is 4. The molecule has 0 aliphatic carbocycles. The lowest BCUT2D eigenvalue weighted by Crippen LogP contribution is -2.48. The molecule has 126 valence electrons. The third kappa shape index (κ3) is 3.45. The Hall–Kier alpha value is -1.91. The van der Waals surface area contributed by atoms with E-state index in [9.17, 15) is 4.79 Å². The smallest absolute Gasteiger partial charge is 0.233 e. The number of aromatic nitrogens is 1. The summed E-state index contributed by atoms with van der Waals surface area (Å²) in [7, 11) is 1.84. The van der Waals surface area contributed by atoms with Crippen molar-refractivity contribution in [1.29, 1.82) is 0 Å². The highest BCUT2D eigenvalue weighted by Crippen LogP contribution is 2.37. The van der Waals surface area contributed by atoms with Gasteiger partial charge in [0.2, 0.25) is 5.91 Å². The van der Waals surface area contributed by atoms with Crippen molar-refractivity contribution in [2.45, 2.75) is 24.8 Å². The molecule has 0 saturated carbocycles. The number of likely N-dealkylation sites (N-methyl/N-ethyl adjacent to an activating group) is 1. The molecule has 1 aliphatic heterocycles. The molecule has 2 heterocycles. The molecule has 1 amide bonds. The molecular weight excluding hydrogens is 324 g/mol. The van der Waals surface area contributed by atoms with Gasteiger partial charge in [0, 0.05) is 44.2 Å². The molecule has 2 aromatic rings. The van der Waals surface area contributed by atoms with Gasteiger partial charge in [-0.25, -0.2) is 0 Å². The standard InChI is InChI=1S/C19H21ClN2O2/c1-22(14-15-4-3-9-21-13-15)18(23)19(7-10-24-11-8-19)16-5-2-6-17(20)12-16/h2-6,9,12-13H,7-8,10-11,14H2,1H3. The Labute approximate surface area is 147 Å². The maximum absolute atomic E-state index is 13.3. The zero-order valence-electron chi connectivity index (χ0n) is 13.7. The van der Waals surface area contributed by atoms with Gasteiger partial charge in [0.15, 0.2) is 0 Å². The molecule has 4 nitrogen and oxygen atoms in total. The first-order valence-corrected chi connectivity index (χ1v) is 8.48. The van der Waals surface area contributed by atoms with Crippen LogP contribution in [-0.2, 0) is 21.5 Å². The van der Waals surface area contributed by atoms with Crippen LogP contribution in [0.25, 0.3) is 0 Å². The maximum atomic E-state index is 13.3. The predicted molar refractivity (Wildman–Crippen MR) is 93.9 cm³/mol. The van der Waals surface area contributed by atoms with Crippen molar-refractivity contribution in [2.24, 2.45) is 0 Å². The van der Waals surface area contributed by atoms with Gasteiger partial charge in [-0.1, -0.05) is 29.8 Å². The lowest BCUT2D eigenvalue weighted by molar-refractivity contribution is -0.140. The molecular formula is C19H21ClN2O2. The summed E-state index contributed by atoms with van der Waals surface area (Å²) in [5, 5.41) is 0.654. The Morgan fingerprint density at radius 2 is 2.08 bits per heavy atom. The van der Waals surface area contributed by atoms with Crippen molar-refractivity contribution in [1.82, 2.24) is 9.88 Å². The van der Waals surface area contributed by atoms with E-state index in [0.717, 1.165) is 11.1 Å². The van der Waals surface area contributed by atoms with E-state index in [4.69, 9.17) is 16.3 Å². The highest BCUT2D eigenvalue weighted by atomic mass is 35.5. The van der Waals surface area contributed by atoms with Gasteiger partial charge in [-0.15, -0.1) is 0 Å². The molecule has 1 aliphatic rings. The quantitative estimate of drug-likeness (QED) is 0.853. The van der Waals surface area contributed by atoms with Gasteiger partial charge >= 0.3 is 0 Å². The summed E-state index contributed by atoms with van der Waals surface area (Å²) in [5.41, 5.74) is 1.42. The zero-order valence-corrected chi connectivity index (χ0v) is 14.5. The minimum Gasteiger partial charge on any atom is -0.381 e. The Kier molecular flexibility index (Phi) is 5.17. The van der Waals surface area contributed by atoms with Gasteiger partial charge in [0.25, 0.3) is 0 Å². The van der Waals surface area contributed by atoms with Crippen LogP contribution < -0.4 is 0 Å². The van der Waals surface area contributed by atoms with Crippen molar-refractivity contribution >= 4 is 17.5 Å². The van der Waals surface area contributed by atoms with E-state index in [2.05, 4.69) is 4.98 Å². The van der Waals surface area contributed by atoms with Crippen molar-refractivity contribution in [3.05, 3.63) is 64.9 Å². The molecule has 0 N–H and O–H groups in total. The van der Waals surface area contributed by atoms with E-state index < -0.39 is 5.41 Å². The minimum absolute atomic E-state index is 0.108. The number of halogens is 1. The lowest BCUT2D eigenvalue weighted by Gasteiger charge is -2.39. The maximum Gasteiger partial charge on any atom is 0.233 e. The molecule has 0 radical (unpaired) electrons. The molecule has 3 rings (SSSR count). The van der Waals surface area contributed by atoms with E-state index >= 15 is 0 Å². The molecule has 0 unspecified atom stereocenters. The fourth-order valence-electron chi connectivity index (χ4n) is 3.33. The lowest BCUT2D eigenvalue weighted by atomic mass is 9.73. The second-order valence-electron chi connectivity index (χ2n) is 6.23. The fraction of sp³-hybridized carbons (Fsp3) is 0.368. The molecule has 1 aromatic carbocycles. The SMILES string of the molecule is CN(Cc1cccnc1)C(=O)C1(c2cccc(Cl)c2)CCOCC1. The average molecular weight is 345 g/mol. The van der Waals surface area contributed by atoms with Gasteiger partial charge < -0.3 is 9.64 Å². The predicted octanol–water partition coefficient (Wildman–Crippen LogP) is 3.44. The number of ether oxygens (including phenoxy) is 1. The average Bonchev–Trinajstić information content (AvgIpc) is 2.62. The number of pyridine rings is 1. The third-order valence-electron chi connectivity index (χ3n) is 4.62. The Balaban J connectivity index is 1.89. The van der Waals surface area contributed by atoms with Crippen LogP contribution in [0.1, 0.15) is 24.0 Å². The number of amides is 1. The summed E-state index contributed by atoms with van der Waals surface area (Å²) in [6.45, 7) is 1.70. The van der Waals surface area contributed by atoms with Gasteiger partial charge in [-0.05, 0) is 42.2 Å². The van der Waals surface area contributed by atoms with Crippen molar-refractivity contribution in [3.63, 3.8) is 0 Å². The van der Waals surface area contributed by atoms with Gasteiger partial charge in [0.1, 0.15) is 0 Å². The topological polar surface area (TPSA) is 42.4 Å². The van der Waals surface area contributed by atoms with Crippen LogP contribution >= 0.6 is 11.6 Å². The summed E-state index contributed by atoms with van der Waals surface area (Å²) in [6, 6.07) is 11.5. The van der Waals surface area contributed by atoms with Crippen LogP contribution in [0.5, 0.6) is 0 Å². The fourth-order valence-corrected chi connectivity index (χ4v) is 3.52. The largest absolute Gasteiger partial charge is 0.381 e. The monoisotopic (exact) mass is 344 g/mol. The van der Waals surface area contributed by atoms with E-state index in [-0.39, 0.29) is 5.91 Å². The Morgan fingerprint density at radius 3 is 2.75 bits per heavy atom. The van der Waals surface area contributed by atoms with Crippen LogP contribution in [-0.4, -0.2) is 36.1 Å². The second kappa shape index (κ2) is 7.32. The van der Waals surface area contributed by atoms with E-state index in [1.807, 2.05) is 43.4 Å². The van der Waals surface area contributed by atoms with Crippen molar-refractivity contribution in [3.8, 4) is 0 Å². The zero-order chi connectivity index (χ0) is 17.0. The summed E-state index contributed by atoms with van der Waals surface area (Å²) >= 11 is 6.18. The minimum atomic E-state index is -0.569. The summed E-state index contributed by atoms with van der Waals surface area (Å²) in [5.74, 6) is 0.108. The normalized spacial score (nSPS) is 16.6. The van der Waals surface area contributed by atoms with Gasteiger partial charge in [-0.3, -0.25) is 9.78 Å². The number of benzene rings is 1. The van der Waals surface area contributed by atoms with E-state index in [1.165, 1.54) is 0 Å². The number of carbonyl (C=O) groups is 1. The number of carbonyl (C=O) groups excluding carboxylic acids is 1. The first-order valence-electron chi connectivity index (χ1n) is 8.10. The molecule has 1 saturated heterocycles. The highest BCUT2D eigenvalue weighted by molar-refractivity contribution is 6.30. The Bertz CT molecular complexity index is 700. The summed E-state index contributed by atoms with van der Waals surface area (Å²) in [6.07, 6.45) is 4.87.